The largest absolute Gasteiger partial charge is 0.319 e. The van der Waals surface area contributed by atoms with Crippen LogP contribution in [0, 0.1) is 0 Å². The first-order chi connectivity index (χ1) is 17.7. The first kappa shape index (κ1) is 26.2. The van der Waals surface area contributed by atoms with Crippen LogP contribution in [0.25, 0.3) is 10.4 Å². The second-order valence-electron chi connectivity index (χ2n) is 8.37. The van der Waals surface area contributed by atoms with Gasteiger partial charge in [0, 0.05) is 23.4 Å². The van der Waals surface area contributed by atoms with Crippen molar-refractivity contribution in [1.82, 2.24) is 0 Å². The maximum atomic E-state index is 12.7. The van der Waals surface area contributed by atoms with E-state index in [-0.39, 0.29) is 18.4 Å². The lowest BCUT2D eigenvalue weighted by atomic mass is 10.0. The molecule has 37 heavy (non-hydrogen) atoms. The zero-order valence-corrected chi connectivity index (χ0v) is 21.2. The molecule has 1 unspecified atom stereocenters. The minimum absolute atomic E-state index is 0.0420. The van der Waals surface area contributed by atoms with Crippen molar-refractivity contribution >= 4 is 44.6 Å². The molecule has 7 nitrogen and oxygen atoms in total. The Morgan fingerprint density at radius 2 is 1.41 bits per heavy atom. The topological polar surface area (TPSA) is 118 Å². The number of hydrogen-bond donors (Lipinski definition) is 2. The second-order valence-corrected chi connectivity index (χ2v) is 10.8. The number of anilines is 1. The summed E-state index contributed by atoms with van der Waals surface area (Å²) in [5, 5.41) is 2.84. The van der Waals surface area contributed by atoms with Crippen LogP contribution in [0.15, 0.2) is 96.4 Å². The van der Waals surface area contributed by atoms with Crippen LogP contribution in [0.2, 0.25) is 0 Å². The molecule has 0 aliphatic heterocycles. The summed E-state index contributed by atoms with van der Waals surface area (Å²) in [6, 6.07) is 25.4. The Hall–Kier alpha value is -3.92. The molecule has 1 amide bonds. The SMILES string of the molecule is O=C(Cc1ccc(-c2cccs2)cc1)C(=O)Nc1ccc(CC(=O)C(c2ccccc2)S(=O)(=O)O)cc1. The lowest BCUT2D eigenvalue weighted by Crippen LogP contribution is -2.24. The Labute approximate surface area is 218 Å². The quantitative estimate of drug-likeness (QED) is 0.221. The molecule has 1 heterocycles. The summed E-state index contributed by atoms with van der Waals surface area (Å²) in [6.45, 7) is 0. The highest BCUT2D eigenvalue weighted by molar-refractivity contribution is 7.86. The molecule has 0 saturated heterocycles. The van der Waals surface area contributed by atoms with Gasteiger partial charge in [-0.3, -0.25) is 18.9 Å². The fourth-order valence-corrected chi connectivity index (χ4v) is 5.50. The normalized spacial score (nSPS) is 12.0. The van der Waals surface area contributed by atoms with Crippen molar-refractivity contribution in [3.05, 3.63) is 113 Å². The molecule has 9 heteroatoms. The maximum Gasteiger partial charge on any atom is 0.292 e. The van der Waals surface area contributed by atoms with Crippen LogP contribution in [0.1, 0.15) is 21.9 Å². The van der Waals surface area contributed by atoms with Crippen molar-refractivity contribution in [2.24, 2.45) is 0 Å². The number of thiophene rings is 1. The third-order valence-corrected chi connectivity index (χ3v) is 7.71. The van der Waals surface area contributed by atoms with E-state index >= 15 is 0 Å². The van der Waals surface area contributed by atoms with Gasteiger partial charge in [0.15, 0.2) is 11.0 Å². The van der Waals surface area contributed by atoms with Crippen LogP contribution in [-0.2, 0) is 37.3 Å². The number of carbonyl (C=O) groups is 3. The van der Waals surface area contributed by atoms with Crippen molar-refractivity contribution in [1.29, 1.82) is 0 Å². The average Bonchev–Trinajstić information content (AvgIpc) is 3.40. The number of nitrogens with one attached hydrogen (secondary N) is 1. The molecular formula is C28H23NO6S2. The molecule has 2 N–H and O–H groups in total. The van der Waals surface area contributed by atoms with Crippen LogP contribution >= 0.6 is 11.3 Å². The third kappa shape index (κ3) is 6.85. The second kappa shape index (κ2) is 11.4. The van der Waals surface area contributed by atoms with Crippen LogP contribution in [0.4, 0.5) is 5.69 Å². The molecule has 0 saturated carbocycles. The lowest BCUT2D eigenvalue weighted by molar-refractivity contribution is -0.134. The van der Waals surface area contributed by atoms with Crippen LogP contribution in [-0.4, -0.2) is 30.4 Å². The predicted molar refractivity (Wildman–Crippen MR) is 143 cm³/mol. The van der Waals surface area contributed by atoms with E-state index in [1.165, 1.54) is 24.3 Å². The van der Waals surface area contributed by atoms with Gasteiger partial charge in [-0.2, -0.15) is 8.42 Å². The van der Waals surface area contributed by atoms with E-state index in [0.717, 1.165) is 16.0 Å². The first-order valence-electron chi connectivity index (χ1n) is 11.3. The molecule has 0 aliphatic carbocycles. The lowest BCUT2D eigenvalue weighted by Gasteiger charge is -2.13. The first-order valence-corrected chi connectivity index (χ1v) is 13.7. The summed E-state index contributed by atoms with van der Waals surface area (Å²) in [6.07, 6.45) is -0.284. The van der Waals surface area contributed by atoms with Gasteiger partial charge in [-0.25, -0.2) is 0 Å². The van der Waals surface area contributed by atoms with Gasteiger partial charge in [-0.15, -0.1) is 11.3 Å². The average molecular weight is 534 g/mol. The Balaban J connectivity index is 1.35. The predicted octanol–water partition coefficient (Wildman–Crippen LogP) is 4.91. The van der Waals surface area contributed by atoms with E-state index in [1.807, 2.05) is 41.8 Å². The van der Waals surface area contributed by atoms with Gasteiger partial charge >= 0.3 is 0 Å². The van der Waals surface area contributed by atoms with Gasteiger partial charge in [0.1, 0.15) is 0 Å². The van der Waals surface area contributed by atoms with Gasteiger partial charge in [0.2, 0.25) is 5.78 Å². The third-order valence-electron chi connectivity index (χ3n) is 5.66. The summed E-state index contributed by atoms with van der Waals surface area (Å²) in [7, 11) is -4.65. The highest BCUT2D eigenvalue weighted by Gasteiger charge is 2.32. The Morgan fingerprint density at radius 1 is 0.784 bits per heavy atom. The molecule has 0 radical (unpaired) electrons. The number of ketones is 2. The molecule has 0 spiro atoms. The van der Waals surface area contributed by atoms with E-state index in [4.69, 9.17) is 0 Å². The van der Waals surface area contributed by atoms with Gasteiger partial charge in [-0.05, 0) is 45.8 Å². The van der Waals surface area contributed by atoms with Gasteiger partial charge in [-0.1, -0.05) is 72.8 Å². The van der Waals surface area contributed by atoms with Crippen molar-refractivity contribution in [2.45, 2.75) is 18.1 Å². The molecule has 4 aromatic rings. The molecule has 188 valence electrons. The van der Waals surface area contributed by atoms with Crippen LogP contribution < -0.4 is 5.32 Å². The summed E-state index contributed by atoms with van der Waals surface area (Å²) in [5.41, 5.74) is 2.79. The zero-order chi connectivity index (χ0) is 26.4. The number of rotatable bonds is 10. The molecule has 1 aromatic heterocycles. The molecule has 0 aliphatic rings. The molecular weight excluding hydrogens is 510 g/mol. The fraction of sp³-hybridized carbons (Fsp3) is 0.107. The monoisotopic (exact) mass is 533 g/mol. The van der Waals surface area contributed by atoms with E-state index in [1.54, 1.807) is 41.7 Å². The number of carbonyl (C=O) groups excluding carboxylic acids is 3. The smallest absolute Gasteiger partial charge is 0.292 e. The summed E-state index contributed by atoms with van der Waals surface area (Å²) in [4.78, 5) is 38.6. The van der Waals surface area contributed by atoms with Crippen molar-refractivity contribution in [3.8, 4) is 10.4 Å². The summed E-state index contributed by atoms with van der Waals surface area (Å²) < 4.78 is 33.3. The zero-order valence-electron chi connectivity index (χ0n) is 19.5. The minimum atomic E-state index is -4.65. The van der Waals surface area contributed by atoms with Gasteiger partial charge < -0.3 is 5.32 Å². The van der Waals surface area contributed by atoms with Crippen LogP contribution in [0.3, 0.4) is 0 Å². The van der Waals surface area contributed by atoms with E-state index in [2.05, 4.69) is 5.32 Å². The molecule has 0 bridgehead atoms. The molecule has 4 rings (SSSR count). The van der Waals surface area contributed by atoms with E-state index < -0.39 is 32.8 Å². The Morgan fingerprint density at radius 3 is 2.00 bits per heavy atom. The fourth-order valence-electron chi connectivity index (χ4n) is 3.85. The highest BCUT2D eigenvalue weighted by Crippen LogP contribution is 2.26. The molecule has 0 fully saturated rings. The molecule has 3 aromatic carbocycles. The standard InChI is InChI=1S/C28H23NO6S2/c30-24(27(37(33,34)35)22-5-2-1-3-6-22)17-20-10-14-23(15-11-20)29-28(32)25(31)18-19-8-12-21(13-9-19)26-7-4-16-36-26/h1-16,27H,17-18H2,(H,29,32)(H,33,34,35). The Bertz CT molecular complexity index is 1500. The minimum Gasteiger partial charge on any atom is -0.319 e. The summed E-state index contributed by atoms with van der Waals surface area (Å²) >= 11 is 1.62. The van der Waals surface area contributed by atoms with Gasteiger partial charge in [0.05, 0.1) is 0 Å². The van der Waals surface area contributed by atoms with Crippen LogP contribution in [0.5, 0.6) is 0 Å². The number of benzene rings is 3. The highest BCUT2D eigenvalue weighted by atomic mass is 32.2. The summed E-state index contributed by atoms with van der Waals surface area (Å²) in [5.74, 6) is -2.05. The number of amides is 1. The number of hydrogen-bond acceptors (Lipinski definition) is 6. The number of Topliss-reactive ketones (excluding diaryl/α,β-unsaturated/α-hetero) is 2. The van der Waals surface area contributed by atoms with E-state index in [9.17, 15) is 27.4 Å². The van der Waals surface area contributed by atoms with Gasteiger partial charge in [0.25, 0.3) is 16.0 Å². The molecule has 1 atom stereocenters. The van der Waals surface area contributed by atoms with E-state index in [0.29, 0.717) is 11.3 Å². The van der Waals surface area contributed by atoms with Crippen molar-refractivity contribution in [2.75, 3.05) is 5.32 Å². The van der Waals surface area contributed by atoms with Crippen molar-refractivity contribution in [3.63, 3.8) is 0 Å². The van der Waals surface area contributed by atoms with Crippen molar-refractivity contribution < 1.29 is 27.4 Å². The maximum absolute atomic E-state index is 12.7. The Kier molecular flexibility index (Phi) is 8.08.